The molecule has 2 aromatic heterocycles. The molecule has 0 spiro atoms. The van der Waals surface area contributed by atoms with E-state index in [2.05, 4.69) is 33.7 Å². The Labute approximate surface area is 121 Å². The summed E-state index contributed by atoms with van der Waals surface area (Å²) >= 11 is 1.66. The molecule has 0 unspecified atom stereocenters. The van der Waals surface area contributed by atoms with E-state index in [-0.39, 0.29) is 0 Å². The van der Waals surface area contributed by atoms with Crippen LogP contribution in [0.15, 0.2) is 29.6 Å². The van der Waals surface area contributed by atoms with Gasteiger partial charge >= 0.3 is 0 Å². The zero-order chi connectivity index (χ0) is 14.1. The van der Waals surface area contributed by atoms with Gasteiger partial charge < -0.3 is 10.1 Å². The number of thiophene rings is 1. The van der Waals surface area contributed by atoms with Gasteiger partial charge in [-0.05, 0) is 42.1 Å². The molecule has 1 N–H and O–H groups in total. The first-order chi connectivity index (χ1) is 9.72. The Morgan fingerprint density at radius 3 is 2.70 bits per heavy atom. The molecule has 1 aromatic carbocycles. The molecule has 0 bridgehead atoms. The van der Waals surface area contributed by atoms with Gasteiger partial charge in [0.05, 0.1) is 17.5 Å². The second-order valence-electron chi connectivity index (χ2n) is 4.46. The summed E-state index contributed by atoms with van der Waals surface area (Å²) in [4.78, 5) is 10.4. The lowest BCUT2D eigenvalue weighted by atomic mass is 10.2. The third kappa shape index (κ3) is 2.10. The molecule has 0 radical (unpaired) electrons. The quantitative estimate of drug-likeness (QED) is 0.796. The number of anilines is 1. The lowest BCUT2D eigenvalue weighted by molar-refractivity contribution is 0.415. The predicted octanol–water partition coefficient (Wildman–Crippen LogP) is 3.72. The minimum Gasteiger partial charge on any atom is -0.497 e. The molecule has 102 valence electrons. The van der Waals surface area contributed by atoms with Crippen molar-refractivity contribution >= 4 is 28.1 Å². The molecule has 4 nitrogen and oxygen atoms in total. The molecule has 2 heterocycles. The van der Waals surface area contributed by atoms with E-state index in [4.69, 9.17) is 4.74 Å². The second kappa shape index (κ2) is 5.09. The normalized spacial score (nSPS) is 10.8. The van der Waals surface area contributed by atoms with Gasteiger partial charge in [0, 0.05) is 12.4 Å². The van der Waals surface area contributed by atoms with Crippen LogP contribution in [0.3, 0.4) is 0 Å². The summed E-state index contributed by atoms with van der Waals surface area (Å²) in [6.07, 6.45) is 0. The van der Waals surface area contributed by atoms with Crippen LogP contribution >= 0.6 is 11.3 Å². The van der Waals surface area contributed by atoms with Crippen LogP contribution in [0.5, 0.6) is 5.75 Å². The topological polar surface area (TPSA) is 47.0 Å². The van der Waals surface area contributed by atoms with E-state index in [1.165, 1.54) is 5.56 Å². The summed E-state index contributed by atoms with van der Waals surface area (Å²) in [5, 5.41) is 6.16. The third-order valence-electron chi connectivity index (χ3n) is 3.20. The number of hydrogen-bond acceptors (Lipinski definition) is 5. The molecule has 0 aliphatic rings. The molecule has 5 heteroatoms. The van der Waals surface area contributed by atoms with Crippen LogP contribution in [-0.2, 0) is 0 Å². The molecule has 0 aliphatic carbocycles. The van der Waals surface area contributed by atoms with Crippen LogP contribution in [0.25, 0.3) is 21.6 Å². The van der Waals surface area contributed by atoms with E-state index in [9.17, 15) is 0 Å². The summed E-state index contributed by atoms with van der Waals surface area (Å²) in [5.74, 6) is 2.38. The summed E-state index contributed by atoms with van der Waals surface area (Å²) in [6, 6.07) is 7.91. The van der Waals surface area contributed by atoms with Gasteiger partial charge in [0.15, 0.2) is 5.82 Å². The maximum absolute atomic E-state index is 5.26. The Morgan fingerprint density at radius 2 is 2.05 bits per heavy atom. The van der Waals surface area contributed by atoms with Crippen molar-refractivity contribution in [3.63, 3.8) is 0 Å². The summed E-state index contributed by atoms with van der Waals surface area (Å²) in [7, 11) is 3.52. The molecule has 0 saturated heterocycles. The highest BCUT2D eigenvalue weighted by Crippen LogP contribution is 2.31. The Bertz CT molecular complexity index is 767. The monoisotopic (exact) mass is 285 g/mol. The van der Waals surface area contributed by atoms with Crippen LogP contribution in [0.1, 0.15) is 5.56 Å². The van der Waals surface area contributed by atoms with Gasteiger partial charge in [-0.1, -0.05) is 0 Å². The van der Waals surface area contributed by atoms with Crippen molar-refractivity contribution in [3.05, 3.63) is 35.2 Å². The first-order valence-corrected chi connectivity index (χ1v) is 7.19. The summed E-state index contributed by atoms with van der Waals surface area (Å²) in [5.41, 5.74) is 2.11. The predicted molar refractivity (Wildman–Crippen MR) is 83.7 cm³/mol. The fraction of sp³-hybridized carbons (Fsp3) is 0.200. The fourth-order valence-electron chi connectivity index (χ4n) is 2.13. The van der Waals surface area contributed by atoms with E-state index >= 15 is 0 Å². The van der Waals surface area contributed by atoms with E-state index in [0.29, 0.717) is 0 Å². The number of rotatable bonds is 3. The molecule has 0 saturated carbocycles. The smallest absolute Gasteiger partial charge is 0.172 e. The highest BCUT2D eigenvalue weighted by Gasteiger charge is 2.12. The highest BCUT2D eigenvalue weighted by atomic mass is 32.1. The average Bonchev–Trinajstić information content (AvgIpc) is 2.91. The van der Waals surface area contributed by atoms with E-state index < -0.39 is 0 Å². The third-order valence-corrected chi connectivity index (χ3v) is 4.22. The van der Waals surface area contributed by atoms with Crippen LogP contribution in [0.4, 0.5) is 5.82 Å². The number of benzene rings is 1. The second-order valence-corrected chi connectivity index (χ2v) is 5.38. The van der Waals surface area contributed by atoms with Crippen molar-refractivity contribution in [2.45, 2.75) is 6.92 Å². The van der Waals surface area contributed by atoms with Crippen LogP contribution in [0, 0.1) is 6.92 Å². The number of fused-ring (bicyclic) bond motifs is 1. The molecule has 0 aliphatic heterocycles. The van der Waals surface area contributed by atoms with Gasteiger partial charge in [0.1, 0.15) is 11.6 Å². The first kappa shape index (κ1) is 12.9. The largest absolute Gasteiger partial charge is 0.497 e. The van der Waals surface area contributed by atoms with Gasteiger partial charge in [-0.15, -0.1) is 11.3 Å². The average molecular weight is 285 g/mol. The fourth-order valence-corrected chi connectivity index (χ4v) is 2.99. The van der Waals surface area contributed by atoms with E-state index in [0.717, 1.165) is 33.2 Å². The van der Waals surface area contributed by atoms with Crippen LogP contribution in [-0.4, -0.2) is 24.1 Å². The molecule has 3 rings (SSSR count). The Balaban J connectivity index is 2.25. The number of methoxy groups -OCH3 is 1. The van der Waals surface area contributed by atoms with Crippen molar-refractivity contribution < 1.29 is 4.74 Å². The zero-order valence-electron chi connectivity index (χ0n) is 11.6. The lowest BCUT2D eigenvalue weighted by Crippen LogP contribution is -1.99. The van der Waals surface area contributed by atoms with Crippen LogP contribution in [0.2, 0.25) is 0 Å². The Morgan fingerprint density at radius 1 is 1.20 bits per heavy atom. The van der Waals surface area contributed by atoms with Crippen molar-refractivity contribution in [2.24, 2.45) is 0 Å². The van der Waals surface area contributed by atoms with Gasteiger partial charge in [0.25, 0.3) is 0 Å². The number of nitrogens with one attached hydrogen (secondary N) is 1. The highest BCUT2D eigenvalue weighted by molar-refractivity contribution is 7.13. The van der Waals surface area contributed by atoms with Gasteiger partial charge in [-0.3, -0.25) is 0 Å². The van der Waals surface area contributed by atoms with Crippen molar-refractivity contribution in [3.8, 4) is 16.5 Å². The van der Waals surface area contributed by atoms with Crippen LogP contribution < -0.4 is 10.1 Å². The molecule has 0 atom stereocenters. The minimum atomic E-state index is 0.763. The van der Waals surface area contributed by atoms with Crippen molar-refractivity contribution in [1.82, 2.24) is 9.97 Å². The lowest BCUT2D eigenvalue weighted by Gasteiger charge is -2.09. The molecule has 0 amide bonds. The molecular weight excluding hydrogens is 270 g/mol. The SMILES string of the molecule is CNc1nc(-c2sccc2C)nc2ccc(OC)cc12. The molecule has 20 heavy (non-hydrogen) atoms. The zero-order valence-corrected chi connectivity index (χ0v) is 12.4. The standard InChI is InChI=1S/C15H15N3OS/c1-9-6-7-20-13(9)15-17-12-5-4-10(19-3)8-11(12)14(16-2)18-15/h4-8H,1-3H3,(H,16,17,18). The summed E-state index contributed by atoms with van der Waals surface area (Å²) < 4.78 is 5.26. The van der Waals surface area contributed by atoms with Gasteiger partial charge in [0.2, 0.25) is 0 Å². The number of nitrogens with zero attached hydrogens (tertiary/aromatic N) is 2. The maximum atomic E-state index is 5.26. The van der Waals surface area contributed by atoms with Gasteiger partial charge in [-0.25, -0.2) is 9.97 Å². The number of aryl methyl sites for hydroxylation is 1. The van der Waals surface area contributed by atoms with E-state index in [1.54, 1.807) is 18.4 Å². The van der Waals surface area contributed by atoms with Gasteiger partial charge in [-0.2, -0.15) is 0 Å². The number of aromatic nitrogens is 2. The maximum Gasteiger partial charge on any atom is 0.172 e. The first-order valence-electron chi connectivity index (χ1n) is 6.31. The van der Waals surface area contributed by atoms with Crippen molar-refractivity contribution in [1.29, 1.82) is 0 Å². The Kier molecular flexibility index (Phi) is 3.28. The number of ether oxygens (including phenoxy) is 1. The van der Waals surface area contributed by atoms with Crippen molar-refractivity contribution in [2.75, 3.05) is 19.5 Å². The minimum absolute atomic E-state index is 0.763. The molecule has 0 fully saturated rings. The molecule has 3 aromatic rings. The Hall–Kier alpha value is -2.14. The molecular formula is C15H15N3OS. The summed E-state index contributed by atoms with van der Waals surface area (Å²) in [6.45, 7) is 2.08. The number of hydrogen-bond donors (Lipinski definition) is 1. The van der Waals surface area contributed by atoms with E-state index in [1.807, 2.05) is 25.2 Å².